The Bertz CT molecular complexity index is 676. The van der Waals surface area contributed by atoms with E-state index in [2.05, 4.69) is 20.2 Å². The number of hydrogen-bond acceptors (Lipinski definition) is 6. The molecule has 1 aromatic rings. The van der Waals surface area contributed by atoms with Crippen molar-refractivity contribution in [3.05, 3.63) is 23.9 Å². The van der Waals surface area contributed by atoms with E-state index in [9.17, 15) is 4.79 Å². The maximum absolute atomic E-state index is 11.8. The van der Waals surface area contributed by atoms with Crippen LogP contribution in [-0.2, 0) is 16.0 Å². The highest BCUT2D eigenvalue weighted by Gasteiger charge is 2.23. The predicted octanol–water partition coefficient (Wildman–Crippen LogP) is 1.56. The first-order valence-electron chi connectivity index (χ1n) is 9.92. The molecule has 10 heteroatoms. The van der Waals surface area contributed by atoms with Crippen molar-refractivity contribution in [2.24, 2.45) is 10.7 Å². The number of hydrogen-bond donors (Lipinski definition) is 2. The monoisotopic (exact) mass is 518 g/mol. The number of nitrogens with one attached hydrogen (secondary N) is 1. The fourth-order valence-electron chi connectivity index (χ4n) is 3.46. The summed E-state index contributed by atoms with van der Waals surface area (Å²) in [4.78, 5) is 24.8. The fourth-order valence-corrected chi connectivity index (χ4v) is 3.46. The molecule has 0 saturated carbocycles. The van der Waals surface area contributed by atoms with Crippen LogP contribution in [0.5, 0.6) is 0 Å². The van der Waals surface area contributed by atoms with Gasteiger partial charge < -0.3 is 30.3 Å². The fraction of sp³-hybridized carbons (Fsp3) is 0.632. The molecule has 2 fully saturated rings. The second kappa shape index (κ2) is 12.0. The first kappa shape index (κ1) is 23.5. The molecule has 0 aromatic carbocycles. The smallest absolute Gasteiger partial charge is 0.409 e. The number of carbonyl (C=O) groups excluding carboxylic acids is 1. The van der Waals surface area contributed by atoms with E-state index in [4.69, 9.17) is 15.2 Å². The summed E-state index contributed by atoms with van der Waals surface area (Å²) in [5.74, 6) is 1.37. The van der Waals surface area contributed by atoms with Crippen LogP contribution in [0.3, 0.4) is 0 Å². The van der Waals surface area contributed by atoms with Crippen molar-refractivity contribution in [3.8, 4) is 0 Å². The number of pyridine rings is 1. The molecule has 0 radical (unpaired) electrons. The highest BCUT2D eigenvalue weighted by molar-refractivity contribution is 14.0. The van der Waals surface area contributed by atoms with Crippen LogP contribution >= 0.6 is 24.0 Å². The van der Waals surface area contributed by atoms with Crippen molar-refractivity contribution in [1.29, 1.82) is 0 Å². The second-order valence-corrected chi connectivity index (χ2v) is 6.89. The van der Waals surface area contributed by atoms with Crippen LogP contribution in [0.4, 0.5) is 10.6 Å². The minimum absolute atomic E-state index is 0. The van der Waals surface area contributed by atoms with Gasteiger partial charge in [0, 0.05) is 44.0 Å². The van der Waals surface area contributed by atoms with Crippen LogP contribution in [0, 0.1) is 0 Å². The van der Waals surface area contributed by atoms with Crippen molar-refractivity contribution in [1.82, 2.24) is 15.2 Å². The second-order valence-electron chi connectivity index (χ2n) is 6.89. The van der Waals surface area contributed by atoms with Gasteiger partial charge in [-0.3, -0.25) is 0 Å². The molecule has 1 amide bonds. The number of aliphatic imine (C=N–C) groups is 1. The number of nitrogens with two attached hydrogens (primary N) is 1. The number of likely N-dealkylation sites (tertiary alicyclic amines) is 1. The van der Waals surface area contributed by atoms with Crippen LogP contribution in [0.25, 0.3) is 0 Å². The van der Waals surface area contributed by atoms with Crippen LogP contribution in [0.15, 0.2) is 23.3 Å². The minimum atomic E-state index is -0.241. The predicted molar refractivity (Wildman–Crippen MR) is 123 cm³/mol. The van der Waals surface area contributed by atoms with Crippen molar-refractivity contribution in [3.63, 3.8) is 0 Å². The number of rotatable bonds is 5. The number of ether oxygens (including phenoxy) is 2. The van der Waals surface area contributed by atoms with E-state index in [1.807, 2.05) is 19.1 Å². The molecule has 2 aliphatic rings. The molecule has 3 heterocycles. The molecule has 9 nitrogen and oxygen atoms in total. The zero-order valence-corrected chi connectivity index (χ0v) is 19.2. The van der Waals surface area contributed by atoms with Gasteiger partial charge in [-0.25, -0.2) is 14.8 Å². The quantitative estimate of drug-likeness (QED) is 0.346. The number of anilines is 1. The zero-order valence-electron chi connectivity index (χ0n) is 16.9. The molecule has 2 aliphatic heterocycles. The molecule has 1 aromatic heterocycles. The van der Waals surface area contributed by atoms with E-state index in [0.29, 0.717) is 45.4 Å². The molecule has 3 N–H and O–H groups in total. The van der Waals surface area contributed by atoms with Crippen molar-refractivity contribution < 1.29 is 14.3 Å². The van der Waals surface area contributed by atoms with Gasteiger partial charge in [0.1, 0.15) is 5.82 Å². The molecule has 3 rings (SSSR count). The Labute approximate surface area is 189 Å². The number of amides is 1. The molecule has 2 saturated heterocycles. The van der Waals surface area contributed by atoms with E-state index in [0.717, 1.165) is 37.3 Å². The maximum Gasteiger partial charge on any atom is 0.409 e. The van der Waals surface area contributed by atoms with E-state index in [1.54, 1.807) is 11.1 Å². The topological polar surface area (TPSA) is 105 Å². The van der Waals surface area contributed by atoms with E-state index >= 15 is 0 Å². The lowest BCUT2D eigenvalue weighted by Gasteiger charge is -2.31. The van der Waals surface area contributed by atoms with Gasteiger partial charge in [0.05, 0.1) is 26.4 Å². The summed E-state index contributed by atoms with van der Waals surface area (Å²) in [7, 11) is 0. The minimum Gasteiger partial charge on any atom is -0.450 e. The molecule has 0 spiro atoms. The van der Waals surface area contributed by atoms with Crippen molar-refractivity contribution in [2.45, 2.75) is 32.4 Å². The van der Waals surface area contributed by atoms with Gasteiger partial charge >= 0.3 is 6.09 Å². The van der Waals surface area contributed by atoms with Gasteiger partial charge in [-0.2, -0.15) is 0 Å². The van der Waals surface area contributed by atoms with Crippen LogP contribution in [-0.4, -0.2) is 74.0 Å². The highest BCUT2D eigenvalue weighted by Crippen LogP contribution is 2.19. The third-order valence-electron chi connectivity index (χ3n) is 4.97. The molecule has 0 unspecified atom stereocenters. The molecule has 162 valence electrons. The summed E-state index contributed by atoms with van der Waals surface area (Å²) in [5, 5.41) is 3.27. The van der Waals surface area contributed by atoms with Crippen LogP contribution < -0.4 is 16.0 Å². The van der Waals surface area contributed by atoms with Crippen LogP contribution in [0.2, 0.25) is 0 Å². The Morgan fingerprint density at radius 3 is 2.76 bits per heavy atom. The molecule has 0 aliphatic carbocycles. The lowest BCUT2D eigenvalue weighted by Crippen LogP contribution is -2.48. The summed E-state index contributed by atoms with van der Waals surface area (Å²) in [6.07, 6.45) is 3.20. The molecular formula is C19H31IN6O3. The highest BCUT2D eigenvalue weighted by atomic mass is 127. The van der Waals surface area contributed by atoms with Gasteiger partial charge in [0.25, 0.3) is 0 Å². The van der Waals surface area contributed by atoms with Crippen LogP contribution in [0.1, 0.15) is 25.3 Å². The Hall–Kier alpha value is -1.82. The molecule has 0 bridgehead atoms. The first-order valence-corrected chi connectivity index (χ1v) is 9.92. The van der Waals surface area contributed by atoms with Crippen molar-refractivity contribution in [2.75, 3.05) is 50.9 Å². The maximum atomic E-state index is 11.8. The van der Waals surface area contributed by atoms with E-state index < -0.39 is 0 Å². The summed E-state index contributed by atoms with van der Waals surface area (Å²) >= 11 is 0. The Kier molecular flexibility index (Phi) is 9.71. The normalized spacial score (nSPS) is 18.2. The molecule has 0 atom stereocenters. The van der Waals surface area contributed by atoms with Gasteiger partial charge in [-0.1, -0.05) is 6.07 Å². The summed E-state index contributed by atoms with van der Waals surface area (Å²) in [6.45, 7) is 7.11. The number of morpholine rings is 1. The number of nitrogens with zero attached hydrogens (tertiary/aromatic N) is 4. The third kappa shape index (κ3) is 6.88. The van der Waals surface area contributed by atoms with Crippen molar-refractivity contribution >= 4 is 41.8 Å². The summed E-state index contributed by atoms with van der Waals surface area (Å²) in [6, 6.07) is 4.16. The number of carbonyl (C=O) groups is 1. The Balaban J connectivity index is 0.00000300. The molecular weight excluding hydrogens is 487 g/mol. The zero-order chi connectivity index (χ0) is 19.8. The summed E-state index contributed by atoms with van der Waals surface area (Å²) < 4.78 is 10.5. The number of piperidine rings is 1. The van der Waals surface area contributed by atoms with Gasteiger partial charge in [0.15, 0.2) is 5.96 Å². The standard InChI is InChI=1S/C19H30N6O3.HI/c1-2-28-19(26)25-8-5-16(6-9-25)23-18(20)22-14-15-4-3-7-21-17(15)24-10-12-27-13-11-24;/h3-4,7,16H,2,5-6,8-14H2,1H3,(H3,20,22,23);1H. The van der Waals surface area contributed by atoms with Gasteiger partial charge in [0.2, 0.25) is 0 Å². The average molecular weight is 518 g/mol. The largest absolute Gasteiger partial charge is 0.450 e. The van der Waals surface area contributed by atoms with Gasteiger partial charge in [-0.05, 0) is 25.8 Å². The third-order valence-corrected chi connectivity index (χ3v) is 4.97. The van der Waals surface area contributed by atoms with Gasteiger partial charge in [-0.15, -0.1) is 24.0 Å². The molecule has 29 heavy (non-hydrogen) atoms. The average Bonchev–Trinajstić information content (AvgIpc) is 2.74. The number of aromatic nitrogens is 1. The Morgan fingerprint density at radius 2 is 2.07 bits per heavy atom. The lowest BCUT2D eigenvalue weighted by atomic mass is 10.1. The lowest BCUT2D eigenvalue weighted by molar-refractivity contribution is 0.0963. The number of halogens is 1. The number of guanidine groups is 1. The summed E-state index contributed by atoms with van der Waals surface area (Å²) in [5.41, 5.74) is 7.15. The Morgan fingerprint density at radius 1 is 1.34 bits per heavy atom. The SMILES string of the molecule is CCOC(=O)N1CCC(NC(N)=NCc2cccnc2N2CCOCC2)CC1.I. The first-order chi connectivity index (χ1) is 13.7. The van der Waals surface area contributed by atoms with E-state index in [-0.39, 0.29) is 36.1 Å². The van der Waals surface area contributed by atoms with E-state index in [1.165, 1.54) is 0 Å².